The number of nitrogens with one attached hydrogen (secondary N) is 2. The summed E-state index contributed by atoms with van der Waals surface area (Å²) in [7, 11) is 0. The van der Waals surface area contributed by atoms with Crippen LogP contribution in [0.15, 0.2) is 72.9 Å². The molecule has 0 aliphatic rings. The fraction of sp³-hybridized carbons (Fsp3) is 0.143. The number of nitrogens with zero attached hydrogens (tertiary/aromatic N) is 2. The molecule has 0 unspecified atom stereocenters. The predicted octanol–water partition coefficient (Wildman–Crippen LogP) is 3.85. The molecule has 0 saturated carbocycles. The largest absolute Gasteiger partial charge is 0.351 e. The number of para-hydroxylation sites is 1. The zero-order chi connectivity index (χ0) is 17.8. The minimum Gasteiger partial charge on any atom is -0.351 e. The van der Waals surface area contributed by atoms with Gasteiger partial charge in [0.2, 0.25) is 0 Å². The molecule has 0 saturated heterocycles. The second-order valence-corrected chi connectivity index (χ2v) is 6.21. The maximum absolute atomic E-state index is 12.3. The number of aromatic amines is 1. The van der Waals surface area contributed by atoms with Gasteiger partial charge in [0.25, 0.3) is 5.91 Å². The zero-order valence-corrected chi connectivity index (χ0v) is 14.4. The van der Waals surface area contributed by atoms with Crippen molar-refractivity contribution >= 4 is 16.8 Å². The van der Waals surface area contributed by atoms with E-state index >= 15 is 0 Å². The van der Waals surface area contributed by atoms with Crippen LogP contribution >= 0.6 is 0 Å². The summed E-state index contributed by atoms with van der Waals surface area (Å²) in [5.41, 5.74) is 3.46. The smallest absolute Gasteiger partial charge is 0.269 e. The van der Waals surface area contributed by atoms with Crippen molar-refractivity contribution in [2.24, 2.45) is 0 Å². The van der Waals surface area contributed by atoms with E-state index in [2.05, 4.69) is 44.5 Å². The van der Waals surface area contributed by atoms with Crippen molar-refractivity contribution < 1.29 is 4.79 Å². The number of hydrogen-bond acceptors (Lipinski definition) is 2. The highest BCUT2D eigenvalue weighted by Crippen LogP contribution is 2.17. The molecule has 0 spiro atoms. The standard InChI is InChI=1S/C21H20N4O/c26-21(19-15-18(23-24-19)16-7-2-1-3-8-16)22-12-6-13-25-14-11-17-9-4-5-10-20(17)25/h1-5,7-11,14-15H,6,12-13H2,(H,22,26)(H,23,24). The molecule has 0 atom stereocenters. The fourth-order valence-corrected chi connectivity index (χ4v) is 3.08. The first kappa shape index (κ1) is 16.1. The zero-order valence-electron chi connectivity index (χ0n) is 14.4. The monoisotopic (exact) mass is 344 g/mol. The third-order valence-electron chi connectivity index (χ3n) is 4.43. The van der Waals surface area contributed by atoms with Gasteiger partial charge >= 0.3 is 0 Å². The lowest BCUT2D eigenvalue weighted by Crippen LogP contribution is -2.25. The molecule has 2 N–H and O–H groups in total. The Morgan fingerprint density at radius 1 is 1.04 bits per heavy atom. The number of carbonyl (C=O) groups is 1. The lowest BCUT2D eigenvalue weighted by molar-refractivity contribution is 0.0948. The van der Waals surface area contributed by atoms with E-state index < -0.39 is 0 Å². The highest BCUT2D eigenvalue weighted by atomic mass is 16.1. The highest BCUT2D eigenvalue weighted by Gasteiger charge is 2.10. The number of H-pyrrole nitrogens is 1. The first-order chi connectivity index (χ1) is 12.8. The molecule has 4 rings (SSSR count). The van der Waals surface area contributed by atoms with E-state index in [0.29, 0.717) is 12.2 Å². The SMILES string of the molecule is O=C(NCCCn1ccc2ccccc21)c1cc(-c2ccccc2)n[nH]1. The summed E-state index contributed by atoms with van der Waals surface area (Å²) in [6.45, 7) is 1.48. The number of benzene rings is 2. The third kappa shape index (κ3) is 3.37. The van der Waals surface area contributed by atoms with E-state index in [1.54, 1.807) is 6.07 Å². The predicted molar refractivity (Wildman–Crippen MR) is 103 cm³/mol. The van der Waals surface area contributed by atoms with Crippen LogP contribution in [0.3, 0.4) is 0 Å². The lowest BCUT2D eigenvalue weighted by atomic mass is 10.1. The van der Waals surface area contributed by atoms with Crippen molar-refractivity contribution in [2.45, 2.75) is 13.0 Å². The number of aryl methyl sites for hydroxylation is 1. The molecule has 5 nitrogen and oxygen atoms in total. The second-order valence-electron chi connectivity index (χ2n) is 6.21. The van der Waals surface area contributed by atoms with Crippen LogP contribution in [0.5, 0.6) is 0 Å². The number of carbonyl (C=O) groups excluding carboxylic acids is 1. The molecule has 0 fully saturated rings. The third-order valence-corrected chi connectivity index (χ3v) is 4.43. The van der Waals surface area contributed by atoms with Crippen molar-refractivity contribution in [3.63, 3.8) is 0 Å². The Morgan fingerprint density at radius 2 is 1.85 bits per heavy atom. The molecule has 0 aliphatic heterocycles. The Morgan fingerprint density at radius 3 is 2.73 bits per heavy atom. The van der Waals surface area contributed by atoms with Gasteiger partial charge in [0.1, 0.15) is 5.69 Å². The highest BCUT2D eigenvalue weighted by molar-refractivity contribution is 5.93. The molecule has 4 aromatic rings. The van der Waals surface area contributed by atoms with Crippen LogP contribution in [-0.4, -0.2) is 27.2 Å². The normalized spacial score (nSPS) is 10.9. The molecule has 2 aromatic heterocycles. The number of rotatable bonds is 6. The fourth-order valence-electron chi connectivity index (χ4n) is 3.08. The Balaban J connectivity index is 1.31. The Hall–Kier alpha value is -3.34. The summed E-state index contributed by atoms with van der Waals surface area (Å²) >= 11 is 0. The number of fused-ring (bicyclic) bond motifs is 1. The Bertz CT molecular complexity index is 1020. The number of hydrogen-bond donors (Lipinski definition) is 2. The molecule has 0 radical (unpaired) electrons. The summed E-state index contributed by atoms with van der Waals surface area (Å²) in [5.74, 6) is -0.128. The van der Waals surface area contributed by atoms with Gasteiger partial charge in [-0.2, -0.15) is 5.10 Å². The van der Waals surface area contributed by atoms with Crippen LogP contribution in [0.2, 0.25) is 0 Å². The van der Waals surface area contributed by atoms with Crippen LogP contribution in [-0.2, 0) is 6.54 Å². The van der Waals surface area contributed by atoms with Gasteiger partial charge in [0, 0.05) is 30.4 Å². The molecule has 26 heavy (non-hydrogen) atoms. The second kappa shape index (κ2) is 7.27. The van der Waals surface area contributed by atoms with Crippen molar-refractivity contribution in [3.05, 3.63) is 78.6 Å². The molecular weight excluding hydrogens is 324 g/mol. The summed E-state index contributed by atoms with van der Waals surface area (Å²) in [6, 6.07) is 22.0. The maximum atomic E-state index is 12.3. The van der Waals surface area contributed by atoms with Crippen LogP contribution < -0.4 is 5.32 Å². The average Bonchev–Trinajstić information content (AvgIpc) is 3.33. The van der Waals surface area contributed by atoms with Crippen LogP contribution in [0, 0.1) is 0 Å². The molecule has 2 heterocycles. The molecular formula is C21H20N4O. The first-order valence-corrected chi connectivity index (χ1v) is 8.74. The van der Waals surface area contributed by atoms with Gasteiger partial charge in [0.05, 0.1) is 5.69 Å². The van der Waals surface area contributed by atoms with Crippen molar-refractivity contribution in [2.75, 3.05) is 6.54 Å². The average molecular weight is 344 g/mol. The van der Waals surface area contributed by atoms with Gasteiger partial charge in [-0.3, -0.25) is 9.89 Å². The van der Waals surface area contributed by atoms with Gasteiger partial charge < -0.3 is 9.88 Å². The Labute approximate surface area is 151 Å². The van der Waals surface area contributed by atoms with Gasteiger partial charge in [-0.1, -0.05) is 48.5 Å². The van der Waals surface area contributed by atoms with Crippen LogP contribution in [0.25, 0.3) is 22.2 Å². The lowest BCUT2D eigenvalue weighted by Gasteiger charge is -2.06. The van der Waals surface area contributed by atoms with E-state index in [1.807, 2.05) is 42.5 Å². The number of amides is 1. The first-order valence-electron chi connectivity index (χ1n) is 8.74. The van der Waals surface area contributed by atoms with Crippen molar-refractivity contribution in [1.29, 1.82) is 0 Å². The van der Waals surface area contributed by atoms with Gasteiger partial charge in [-0.15, -0.1) is 0 Å². The van der Waals surface area contributed by atoms with Crippen molar-refractivity contribution in [3.8, 4) is 11.3 Å². The van der Waals surface area contributed by atoms with Crippen LogP contribution in [0.4, 0.5) is 0 Å². The molecule has 1 amide bonds. The Kier molecular flexibility index (Phi) is 4.51. The minimum absolute atomic E-state index is 0.128. The summed E-state index contributed by atoms with van der Waals surface area (Å²) in [5, 5.41) is 11.2. The summed E-state index contributed by atoms with van der Waals surface area (Å²) in [6.07, 6.45) is 2.96. The summed E-state index contributed by atoms with van der Waals surface area (Å²) < 4.78 is 2.21. The molecule has 0 bridgehead atoms. The molecule has 0 aliphatic carbocycles. The molecule has 130 valence electrons. The minimum atomic E-state index is -0.128. The van der Waals surface area contributed by atoms with E-state index in [-0.39, 0.29) is 5.91 Å². The van der Waals surface area contributed by atoms with E-state index in [1.165, 1.54) is 10.9 Å². The molecule has 5 heteroatoms. The van der Waals surface area contributed by atoms with Gasteiger partial charge in [0.15, 0.2) is 0 Å². The quantitative estimate of drug-likeness (QED) is 0.522. The van der Waals surface area contributed by atoms with Gasteiger partial charge in [-0.05, 0) is 30.0 Å². The topological polar surface area (TPSA) is 62.7 Å². The molecule has 2 aromatic carbocycles. The summed E-state index contributed by atoms with van der Waals surface area (Å²) in [4.78, 5) is 12.3. The van der Waals surface area contributed by atoms with E-state index in [4.69, 9.17) is 0 Å². The van der Waals surface area contributed by atoms with Gasteiger partial charge in [-0.25, -0.2) is 0 Å². The van der Waals surface area contributed by atoms with E-state index in [9.17, 15) is 4.79 Å². The van der Waals surface area contributed by atoms with Crippen molar-refractivity contribution in [1.82, 2.24) is 20.1 Å². The van der Waals surface area contributed by atoms with E-state index in [0.717, 1.165) is 24.2 Å². The number of aromatic nitrogens is 3. The maximum Gasteiger partial charge on any atom is 0.269 e. The van der Waals surface area contributed by atoms with Crippen LogP contribution in [0.1, 0.15) is 16.9 Å².